The molecule has 0 radical (unpaired) electrons. The molecule has 1 aromatic rings. The fraction of sp³-hybridized carbons (Fsp3) is 0.500. The number of aryl methyl sites for hydroxylation is 1. The Labute approximate surface area is 132 Å². The number of halogens is 2. The summed E-state index contributed by atoms with van der Waals surface area (Å²) in [6.07, 6.45) is -1.11. The lowest BCUT2D eigenvalue weighted by molar-refractivity contribution is -0.136. The summed E-state index contributed by atoms with van der Waals surface area (Å²) < 4.78 is 57.2. The van der Waals surface area contributed by atoms with Crippen LogP contribution in [0, 0.1) is 0 Å². The molecule has 1 aromatic carbocycles. The summed E-state index contributed by atoms with van der Waals surface area (Å²) in [5.41, 5.74) is 0.699. The topological polar surface area (TPSA) is 92.7 Å². The molecule has 128 valence electrons. The highest BCUT2D eigenvalue weighted by Crippen LogP contribution is 2.29. The normalized spacial score (nSPS) is 20.5. The number of hydrogen-bond donors (Lipinski definition) is 2. The van der Waals surface area contributed by atoms with Gasteiger partial charge < -0.3 is 9.84 Å². The number of ether oxygens (including phenoxy) is 1. The highest BCUT2D eigenvalue weighted by atomic mass is 32.2. The predicted octanol–water partition coefficient (Wildman–Crippen LogP) is 1.41. The number of sulfonamides is 1. The Balaban J connectivity index is 1.93. The molecular weight excluding hydrogens is 332 g/mol. The van der Waals surface area contributed by atoms with Gasteiger partial charge >= 0.3 is 5.97 Å². The van der Waals surface area contributed by atoms with Crippen molar-refractivity contribution in [1.29, 1.82) is 0 Å². The fourth-order valence-corrected chi connectivity index (χ4v) is 3.26. The Kier molecular flexibility index (Phi) is 5.33. The van der Waals surface area contributed by atoms with Crippen LogP contribution >= 0.6 is 0 Å². The van der Waals surface area contributed by atoms with Gasteiger partial charge in [-0.1, -0.05) is 12.1 Å². The van der Waals surface area contributed by atoms with Crippen molar-refractivity contribution in [3.05, 3.63) is 29.8 Å². The van der Waals surface area contributed by atoms with Gasteiger partial charge in [-0.2, -0.15) is 0 Å². The Morgan fingerprint density at radius 3 is 2.52 bits per heavy atom. The molecule has 0 saturated carbocycles. The van der Waals surface area contributed by atoms with Crippen molar-refractivity contribution in [3.63, 3.8) is 0 Å². The van der Waals surface area contributed by atoms with Crippen molar-refractivity contribution >= 4 is 16.0 Å². The molecule has 1 aliphatic rings. The van der Waals surface area contributed by atoms with E-state index in [0.29, 0.717) is 12.0 Å². The number of aliphatic carboxylic acids is 1. The van der Waals surface area contributed by atoms with Crippen LogP contribution in [0.1, 0.15) is 18.4 Å². The molecule has 0 aromatic heterocycles. The molecule has 1 atom stereocenters. The third kappa shape index (κ3) is 5.22. The first-order chi connectivity index (χ1) is 10.7. The van der Waals surface area contributed by atoms with Gasteiger partial charge in [0, 0.05) is 19.4 Å². The largest absolute Gasteiger partial charge is 0.481 e. The van der Waals surface area contributed by atoms with Crippen molar-refractivity contribution in [1.82, 2.24) is 4.72 Å². The van der Waals surface area contributed by atoms with E-state index in [2.05, 4.69) is 4.72 Å². The lowest BCUT2D eigenvalue weighted by Gasteiger charge is -2.11. The minimum Gasteiger partial charge on any atom is -0.481 e. The minimum atomic E-state index is -3.82. The predicted molar refractivity (Wildman–Crippen MR) is 76.9 cm³/mol. The number of hydrogen-bond acceptors (Lipinski definition) is 4. The Bertz CT molecular complexity index is 660. The third-order valence-electron chi connectivity index (χ3n) is 3.42. The van der Waals surface area contributed by atoms with Gasteiger partial charge in [-0.05, 0) is 24.1 Å². The first kappa shape index (κ1) is 17.8. The third-order valence-corrected chi connectivity index (χ3v) is 4.86. The Morgan fingerprint density at radius 2 is 2.00 bits per heavy atom. The number of rotatable bonds is 7. The molecule has 1 aliphatic heterocycles. The van der Waals surface area contributed by atoms with E-state index in [1.807, 2.05) is 0 Å². The molecular formula is C14H17F2NO5S. The van der Waals surface area contributed by atoms with E-state index in [0.717, 1.165) is 0 Å². The first-order valence-electron chi connectivity index (χ1n) is 6.98. The van der Waals surface area contributed by atoms with Gasteiger partial charge in [0.1, 0.15) is 6.61 Å². The zero-order chi connectivity index (χ0) is 17.1. The van der Waals surface area contributed by atoms with E-state index in [-0.39, 0.29) is 17.9 Å². The van der Waals surface area contributed by atoms with Gasteiger partial charge in [0.15, 0.2) is 0 Å². The minimum absolute atomic E-state index is 0.0127. The van der Waals surface area contributed by atoms with Crippen LogP contribution in [0.4, 0.5) is 8.78 Å². The van der Waals surface area contributed by atoms with E-state index < -0.39 is 41.0 Å². The van der Waals surface area contributed by atoms with Crippen LogP contribution in [-0.4, -0.2) is 44.7 Å². The van der Waals surface area contributed by atoms with Crippen molar-refractivity contribution in [2.75, 3.05) is 13.2 Å². The second-order valence-electron chi connectivity index (χ2n) is 5.38. The van der Waals surface area contributed by atoms with Gasteiger partial charge in [0.2, 0.25) is 10.0 Å². The zero-order valence-corrected chi connectivity index (χ0v) is 13.0. The maximum absolute atomic E-state index is 13.0. The van der Waals surface area contributed by atoms with E-state index in [9.17, 15) is 22.0 Å². The summed E-state index contributed by atoms with van der Waals surface area (Å²) in [6.45, 7) is -0.920. The molecule has 6 nitrogen and oxygen atoms in total. The Hall–Kier alpha value is -1.58. The van der Waals surface area contributed by atoms with E-state index >= 15 is 0 Å². The average molecular weight is 349 g/mol. The number of alkyl halides is 2. The monoisotopic (exact) mass is 349 g/mol. The molecule has 0 bridgehead atoms. The van der Waals surface area contributed by atoms with Crippen LogP contribution in [0.2, 0.25) is 0 Å². The van der Waals surface area contributed by atoms with Crippen molar-refractivity contribution < 1.29 is 31.8 Å². The summed E-state index contributed by atoms with van der Waals surface area (Å²) in [5.74, 6) is -3.85. The van der Waals surface area contributed by atoms with Crippen molar-refractivity contribution in [2.24, 2.45) is 0 Å². The van der Waals surface area contributed by atoms with E-state index in [1.54, 1.807) is 0 Å². The zero-order valence-electron chi connectivity index (χ0n) is 12.2. The summed E-state index contributed by atoms with van der Waals surface area (Å²) in [7, 11) is -3.82. The molecule has 0 aliphatic carbocycles. The molecule has 1 saturated heterocycles. The van der Waals surface area contributed by atoms with Crippen LogP contribution in [0.3, 0.4) is 0 Å². The number of carboxylic acid groups (broad SMARTS) is 1. The maximum atomic E-state index is 13.0. The summed E-state index contributed by atoms with van der Waals surface area (Å²) >= 11 is 0. The van der Waals surface area contributed by atoms with Gasteiger partial charge in [-0.15, -0.1) is 0 Å². The van der Waals surface area contributed by atoms with Crippen LogP contribution < -0.4 is 4.72 Å². The molecule has 9 heteroatoms. The van der Waals surface area contributed by atoms with Crippen LogP contribution in [0.5, 0.6) is 0 Å². The molecule has 1 fully saturated rings. The van der Waals surface area contributed by atoms with E-state index in [4.69, 9.17) is 9.84 Å². The molecule has 2 rings (SSSR count). The quantitative estimate of drug-likeness (QED) is 0.776. The van der Waals surface area contributed by atoms with Gasteiger partial charge in [-0.25, -0.2) is 21.9 Å². The van der Waals surface area contributed by atoms with Gasteiger partial charge in [-0.3, -0.25) is 4.79 Å². The second kappa shape index (κ2) is 6.90. The molecule has 1 heterocycles. The van der Waals surface area contributed by atoms with Crippen molar-refractivity contribution in [2.45, 2.75) is 36.2 Å². The molecule has 0 spiro atoms. The smallest absolute Gasteiger partial charge is 0.303 e. The van der Waals surface area contributed by atoms with Crippen LogP contribution in [0.25, 0.3) is 0 Å². The SMILES string of the molecule is O=C(O)CCc1ccc(S(=O)(=O)NCC2CC(F)(F)CO2)cc1. The number of carboxylic acids is 1. The lowest BCUT2D eigenvalue weighted by atomic mass is 10.1. The molecule has 23 heavy (non-hydrogen) atoms. The lowest BCUT2D eigenvalue weighted by Crippen LogP contribution is -2.32. The van der Waals surface area contributed by atoms with Crippen molar-refractivity contribution in [3.8, 4) is 0 Å². The summed E-state index contributed by atoms with van der Waals surface area (Å²) in [6, 6.07) is 5.75. The van der Waals surface area contributed by atoms with Gasteiger partial charge in [0.25, 0.3) is 5.92 Å². The highest BCUT2D eigenvalue weighted by molar-refractivity contribution is 7.89. The number of carbonyl (C=O) groups is 1. The van der Waals surface area contributed by atoms with Crippen LogP contribution in [0.15, 0.2) is 29.2 Å². The second-order valence-corrected chi connectivity index (χ2v) is 7.15. The Morgan fingerprint density at radius 1 is 1.35 bits per heavy atom. The van der Waals surface area contributed by atoms with E-state index in [1.165, 1.54) is 24.3 Å². The van der Waals surface area contributed by atoms with Gasteiger partial charge in [0.05, 0.1) is 11.0 Å². The number of benzene rings is 1. The maximum Gasteiger partial charge on any atom is 0.303 e. The summed E-state index contributed by atoms with van der Waals surface area (Å²) in [5, 5.41) is 8.60. The number of nitrogens with one attached hydrogen (secondary N) is 1. The summed E-state index contributed by atoms with van der Waals surface area (Å²) in [4.78, 5) is 10.5. The average Bonchev–Trinajstić information content (AvgIpc) is 2.83. The standard InChI is InChI=1S/C14H17F2NO5S/c15-14(16)7-11(22-9-14)8-17-23(20,21)12-4-1-10(2-5-12)3-6-13(18)19/h1-2,4-5,11,17H,3,6-9H2,(H,18,19). The molecule has 2 N–H and O–H groups in total. The van der Waals surface area contributed by atoms with Crippen LogP contribution in [-0.2, 0) is 26.0 Å². The molecule has 0 amide bonds. The fourth-order valence-electron chi connectivity index (χ4n) is 2.19. The highest BCUT2D eigenvalue weighted by Gasteiger charge is 2.40. The first-order valence-corrected chi connectivity index (χ1v) is 8.46. The molecule has 1 unspecified atom stereocenters.